The molecule has 0 saturated heterocycles. The van der Waals surface area contributed by atoms with E-state index in [1.807, 2.05) is 23.5 Å². The van der Waals surface area contributed by atoms with Crippen LogP contribution in [0.15, 0.2) is 30.7 Å². The van der Waals surface area contributed by atoms with Gasteiger partial charge in [-0.25, -0.2) is 9.50 Å². The Morgan fingerprint density at radius 3 is 2.61 bits per heavy atom. The lowest BCUT2D eigenvalue weighted by Crippen LogP contribution is -2.41. The Kier molecular flexibility index (Phi) is 6.60. The van der Waals surface area contributed by atoms with Crippen LogP contribution >= 0.6 is 0 Å². The number of carbonyl (C=O) groups is 1. The molecule has 7 nitrogen and oxygen atoms in total. The maximum absolute atomic E-state index is 12.2. The second-order valence-electron chi connectivity index (χ2n) is 11.0. The van der Waals surface area contributed by atoms with Gasteiger partial charge in [-0.15, -0.1) is 0 Å². The Bertz CT molecular complexity index is 1400. The molecule has 4 aromatic rings. The summed E-state index contributed by atoms with van der Waals surface area (Å²) >= 11 is 0. The molecule has 1 aromatic carbocycles. The number of benzene rings is 1. The zero-order valence-electron chi connectivity index (χ0n) is 22.4. The molecular formula is C29H38N6O. The van der Waals surface area contributed by atoms with Crippen molar-refractivity contribution in [2.24, 2.45) is 0 Å². The molecule has 36 heavy (non-hydrogen) atoms. The normalized spacial score (nSPS) is 18.6. The van der Waals surface area contributed by atoms with Crippen LogP contribution in [-0.4, -0.2) is 57.1 Å². The predicted molar refractivity (Wildman–Crippen MR) is 146 cm³/mol. The van der Waals surface area contributed by atoms with Crippen LogP contribution in [0, 0.1) is 13.8 Å². The molecule has 7 heteroatoms. The zero-order valence-corrected chi connectivity index (χ0v) is 22.4. The summed E-state index contributed by atoms with van der Waals surface area (Å²) in [6.07, 6.45) is 8.01. The minimum Gasteiger partial charge on any atom is -0.354 e. The molecular weight excluding hydrogens is 448 g/mol. The van der Waals surface area contributed by atoms with Crippen molar-refractivity contribution in [3.8, 4) is 11.3 Å². The third-order valence-electron chi connectivity index (χ3n) is 7.86. The van der Waals surface area contributed by atoms with E-state index in [1.54, 1.807) is 6.33 Å². The van der Waals surface area contributed by atoms with Crippen molar-refractivity contribution in [2.45, 2.75) is 71.3 Å². The topological polar surface area (TPSA) is 78.3 Å². The van der Waals surface area contributed by atoms with Crippen molar-refractivity contribution in [3.05, 3.63) is 53.0 Å². The number of rotatable bonds is 6. The molecule has 0 unspecified atom stereocenters. The van der Waals surface area contributed by atoms with Gasteiger partial charge in [-0.3, -0.25) is 4.79 Å². The van der Waals surface area contributed by atoms with Crippen LogP contribution in [0.3, 0.4) is 0 Å². The summed E-state index contributed by atoms with van der Waals surface area (Å²) < 4.78 is 1.88. The van der Waals surface area contributed by atoms with Crippen molar-refractivity contribution in [3.63, 3.8) is 0 Å². The number of amides is 1. The Morgan fingerprint density at radius 1 is 1.17 bits per heavy atom. The van der Waals surface area contributed by atoms with E-state index < -0.39 is 0 Å². The first-order chi connectivity index (χ1) is 17.2. The van der Waals surface area contributed by atoms with E-state index in [9.17, 15) is 4.79 Å². The highest BCUT2D eigenvalue weighted by Gasteiger charge is 2.25. The highest BCUT2D eigenvalue weighted by molar-refractivity contribution is 5.92. The van der Waals surface area contributed by atoms with E-state index >= 15 is 0 Å². The maximum Gasteiger partial charge on any atom is 0.234 e. The summed E-state index contributed by atoms with van der Waals surface area (Å²) in [4.78, 5) is 22.3. The van der Waals surface area contributed by atoms with Crippen molar-refractivity contribution in [2.75, 3.05) is 20.6 Å². The van der Waals surface area contributed by atoms with Crippen LogP contribution in [0.25, 0.3) is 27.8 Å². The van der Waals surface area contributed by atoms with E-state index in [1.165, 1.54) is 38.9 Å². The van der Waals surface area contributed by atoms with E-state index in [2.05, 4.69) is 72.5 Å². The molecule has 1 aliphatic carbocycles. The average Bonchev–Trinajstić information content (AvgIpc) is 3.45. The summed E-state index contributed by atoms with van der Waals surface area (Å²) in [5.41, 5.74) is 9.62. The van der Waals surface area contributed by atoms with Crippen molar-refractivity contribution < 1.29 is 4.79 Å². The molecule has 1 amide bonds. The fraction of sp³-hybridized carbons (Fsp3) is 0.483. The Hall–Kier alpha value is -3.19. The van der Waals surface area contributed by atoms with Gasteiger partial charge in [-0.2, -0.15) is 5.10 Å². The number of pyridine rings is 1. The molecule has 3 aromatic heterocycles. The van der Waals surface area contributed by atoms with Crippen LogP contribution in [0.1, 0.15) is 73.6 Å². The lowest BCUT2D eigenvalue weighted by Gasteiger charge is -2.30. The maximum atomic E-state index is 12.2. The lowest BCUT2D eigenvalue weighted by molar-refractivity contribution is -0.122. The monoisotopic (exact) mass is 486 g/mol. The van der Waals surface area contributed by atoms with Crippen molar-refractivity contribution in [1.82, 2.24) is 29.8 Å². The fourth-order valence-electron chi connectivity index (χ4n) is 5.88. The third kappa shape index (κ3) is 4.52. The van der Waals surface area contributed by atoms with E-state index in [0.717, 1.165) is 36.9 Å². The van der Waals surface area contributed by atoms with Gasteiger partial charge in [0.1, 0.15) is 6.33 Å². The molecule has 0 radical (unpaired) electrons. The van der Waals surface area contributed by atoms with Gasteiger partial charge in [-0.05, 0) is 99.8 Å². The zero-order chi connectivity index (χ0) is 25.6. The molecule has 5 rings (SSSR count). The number of hydrogen-bond donors (Lipinski definition) is 2. The van der Waals surface area contributed by atoms with Gasteiger partial charge >= 0.3 is 0 Å². The summed E-state index contributed by atoms with van der Waals surface area (Å²) in [5.74, 6) is 1.03. The molecule has 2 N–H and O–H groups in total. The molecule has 1 aliphatic rings. The van der Waals surface area contributed by atoms with E-state index in [4.69, 9.17) is 0 Å². The highest BCUT2D eigenvalue weighted by Crippen LogP contribution is 2.40. The van der Waals surface area contributed by atoms with Crippen molar-refractivity contribution in [1.29, 1.82) is 0 Å². The lowest BCUT2D eigenvalue weighted by atomic mass is 9.81. The number of hydrogen-bond acceptors (Lipinski definition) is 4. The third-order valence-corrected chi connectivity index (χ3v) is 7.86. The van der Waals surface area contributed by atoms with Gasteiger partial charge in [0.15, 0.2) is 5.65 Å². The minimum absolute atomic E-state index is 0.126. The number of nitrogens with zero attached hydrogens (tertiary/aromatic N) is 4. The van der Waals surface area contributed by atoms with Gasteiger partial charge in [0.25, 0.3) is 0 Å². The summed E-state index contributed by atoms with van der Waals surface area (Å²) in [5, 5.41) is 8.95. The van der Waals surface area contributed by atoms with Gasteiger partial charge in [0.2, 0.25) is 5.91 Å². The van der Waals surface area contributed by atoms with Crippen LogP contribution in [0.2, 0.25) is 0 Å². The van der Waals surface area contributed by atoms with Crippen molar-refractivity contribution >= 4 is 22.5 Å². The number of nitrogens with one attached hydrogen (secondary N) is 2. The standard InChI is InChI=1S/C29H38N6O/c1-17(2)27-23-13-21(20-7-10-22(11-8-20)32-26(36)15-34(5)6)9-12-25(23)33-28(27)24-14-35-29(30-16-31-35)19(4)18(24)3/h9,12-14,16-17,20,22,33H,7-8,10-11,15H2,1-6H3,(H,32,36). The van der Waals surface area contributed by atoms with Gasteiger partial charge in [-0.1, -0.05) is 19.9 Å². The first-order valence-electron chi connectivity index (χ1n) is 13.1. The first-order valence-corrected chi connectivity index (χ1v) is 13.1. The largest absolute Gasteiger partial charge is 0.354 e. The Labute approximate surface area is 213 Å². The summed E-state index contributed by atoms with van der Waals surface area (Å²) in [6, 6.07) is 7.25. The number of aryl methyl sites for hydroxylation is 1. The molecule has 3 heterocycles. The fourth-order valence-corrected chi connectivity index (χ4v) is 5.88. The van der Waals surface area contributed by atoms with E-state index in [-0.39, 0.29) is 5.91 Å². The SMILES string of the molecule is Cc1c(-c2[nH]c3ccc(C4CCC(NC(=O)CN(C)C)CC4)cc3c2C(C)C)cn2ncnc2c1C. The Balaban J connectivity index is 1.44. The van der Waals surface area contributed by atoms with E-state index in [0.29, 0.717) is 24.4 Å². The predicted octanol–water partition coefficient (Wildman–Crippen LogP) is 5.32. The van der Waals surface area contributed by atoms with Crippen LogP contribution < -0.4 is 5.32 Å². The molecule has 1 saturated carbocycles. The molecule has 190 valence electrons. The van der Waals surface area contributed by atoms with Gasteiger partial charge in [0, 0.05) is 28.7 Å². The number of carbonyl (C=O) groups excluding carboxylic acids is 1. The molecule has 1 fully saturated rings. The second-order valence-corrected chi connectivity index (χ2v) is 11.0. The van der Waals surface area contributed by atoms with Crippen LogP contribution in [0.4, 0.5) is 0 Å². The number of aromatic nitrogens is 4. The number of aromatic amines is 1. The molecule has 0 atom stereocenters. The average molecular weight is 487 g/mol. The van der Waals surface area contributed by atoms with Gasteiger partial charge < -0.3 is 15.2 Å². The minimum atomic E-state index is 0.126. The molecule has 0 aliphatic heterocycles. The molecule has 0 bridgehead atoms. The highest BCUT2D eigenvalue weighted by atomic mass is 16.2. The summed E-state index contributed by atoms with van der Waals surface area (Å²) in [7, 11) is 3.86. The van der Waals surface area contributed by atoms with Crippen LogP contribution in [-0.2, 0) is 4.79 Å². The smallest absolute Gasteiger partial charge is 0.234 e. The first kappa shape index (κ1) is 24.5. The number of H-pyrrole nitrogens is 1. The quantitative estimate of drug-likeness (QED) is 0.387. The second kappa shape index (κ2) is 9.69. The summed E-state index contributed by atoms with van der Waals surface area (Å²) in [6.45, 7) is 9.30. The van der Waals surface area contributed by atoms with Gasteiger partial charge in [0.05, 0.1) is 12.2 Å². The van der Waals surface area contributed by atoms with Crippen LogP contribution in [0.5, 0.6) is 0 Å². The molecule has 0 spiro atoms. The Morgan fingerprint density at radius 2 is 1.92 bits per heavy atom. The number of likely N-dealkylation sites (N-methyl/N-ethyl adjacent to an activating group) is 1. The number of fused-ring (bicyclic) bond motifs is 2.